The molecule has 33 heavy (non-hydrogen) atoms. The lowest BCUT2D eigenvalue weighted by Gasteiger charge is -2.38. The average Bonchev–Trinajstić information content (AvgIpc) is 3.29. The van der Waals surface area contributed by atoms with E-state index in [1.54, 1.807) is 16.6 Å². The molecule has 1 aliphatic heterocycles. The van der Waals surface area contributed by atoms with Crippen LogP contribution in [0.25, 0.3) is 10.9 Å². The first-order chi connectivity index (χ1) is 15.6. The van der Waals surface area contributed by atoms with Crippen molar-refractivity contribution in [3.8, 4) is 0 Å². The number of halogens is 1. The Kier molecular flexibility index (Phi) is 6.05. The van der Waals surface area contributed by atoms with Crippen molar-refractivity contribution >= 4 is 34.3 Å². The highest BCUT2D eigenvalue weighted by Crippen LogP contribution is 2.33. The van der Waals surface area contributed by atoms with Gasteiger partial charge in [0, 0.05) is 36.2 Å². The number of nitrogens with zero attached hydrogens (tertiary/aromatic N) is 4. The standard InChI is InChI=1S/C24H29ClN6O2/c1-6-22(32)31-12-15(13-31)26-23(33)21-9-14(29-30(21)5)7-8-19-16-10-17(24(2,3)4)18(25)11-20(16)28-27-19/h6,9-11,15H,1,7-8,12-13H2,2-5H3,(H,26,33)(H,27,28). The summed E-state index contributed by atoms with van der Waals surface area (Å²) < 4.78 is 1.60. The van der Waals surface area contributed by atoms with Gasteiger partial charge in [-0.3, -0.25) is 19.4 Å². The van der Waals surface area contributed by atoms with Crippen LogP contribution in [0.3, 0.4) is 0 Å². The maximum Gasteiger partial charge on any atom is 0.269 e. The van der Waals surface area contributed by atoms with Crippen molar-refractivity contribution in [1.82, 2.24) is 30.2 Å². The topological polar surface area (TPSA) is 95.9 Å². The van der Waals surface area contributed by atoms with Crippen LogP contribution in [0.4, 0.5) is 0 Å². The molecule has 1 fully saturated rings. The molecule has 3 aromatic rings. The second-order valence-corrected chi connectivity index (χ2v) is 9.97. The van der Waals surface area contributed by atoms with E-state index >= 15 is 0 Å². The zero-order valence-corrected chi connectivity index (χ0v) is 20.2. The Morgan fingerprint density at radius 2 is 2.00 bits per heavy atom. The lowest BCUT2D eigenvalue weighted by molar-refractivity contribution is -0.130. The fourth-order valence-electron chi connectivity index (χ4n) is 4.10. The van der Waals surface area contributed by atoms with Crippen molar-refractivity contribution in [2.75, 3.05) is 13.1 Å². The molecule has 1 aliphatic rings. The quantitative estimate of drug-likeness (QED) is 0.543. The zero-order valence-electron chi connectivity index (χ0n) is 19.4. The van der Waals surface area contributed by atoms with Crippen molar-refractivity contribution in [1.29, 1.82) is 0 Å². The average molecular weight is 469 g/mol. The number of aryl methyl sites for hydroxylation is 3. The van der Waals surface area contributed by atoms with Gasteiger partial charge in [-0.15, -0.1) is 0 Å². The summed E-state index contributed by atoms with van der Waals surface area (Å²) in [6.07, 6.45) is 2.66. The monoisotopic (exact) mass is 468 g/mol. The Labute approximate surface area is 198 Å². The summed E-state index contributed by atoms with van der Waals surface area (Å²) in [5, 5.41) is 16.8. The molecular weight excluding hydrogens is 440 g/mol. The summed E-state index contributed by atoms with van der Waals surface area (Å²) in [6, 6.07) is 5.79. The predicted molar refractivity (Wildman–Crippen MR) is 128 cm³/mol. The molecule has 0 aliphatic carbocycles. The number of rotatable bonds is 6. The van der Waals surface area contributed by atoms with Gasteiger partial charge in [0.05, 0.1) is 17.3 Å². The van der Waals surface area contributed by atoms with Crippen LogP contribution >= 0.6 is 11.6 Å². The normalized spacial score (nSPS) is 14.4. The second kappa shape index (κ2) is 8.67. The van der Waals surface area contributed by atoms with E-state index in [-0.39, 0.29) is 23.3 Å². The third-order valence-corrected chi connectivity index (χ3v) is 6.34. The molecule has 9 heteroatoms. The van der Waals surface area contributed by atoms with Gasteiger partial charge in [0.2, 0.25) is 5.91 Å². The van der Waals surface area contributed by atoms with Crippen LogP contribution in [0.1, 0.15) is 48.2 Å². The third kappa shape index (κ3) is 4.66. The Bertz CT molecular complexity index is 1230. The number of carbonyl (C=O) groups excluding carboxylic acids is 2. The SMILES string of the molecule is C=CC(=O)N1CC(NC(=O)c2cc(CCc3[nH]nc4cc(Cl)c(C(C)(C)C)cc34)nn2C)C1. The minimum absolute atomic E-state index is 0.0556. The summed E-state index contributed by atoms with van der Waals surface area (Å²) >= 11 is 6.47. The summed E-state index contributed by atoms with van der Waals surface area (Å²) in [5.74, 6) is -0.310. The summed E-state index contributed by atoms with van der Waals surface area (Å²) in [4.78, 5) is 25.9. The van der Waals surface area contributed by atoms with Gasteiger partial charge in [0.1, 0.15) is 5.69 Å². The number of benzene rings is 1. The van der Waals surface area contributed by atoms with E-state index in [2.05, 4.69) is 54.0 Å². The van der Waals surface area contributed by atoms with E-state index in [0.29, 0.717) is 31.6 Å². The molecule has 0 radical (unpaired) electrons. The summed E-state index contributed by atoms with van der Waals surface area (Å²) in [7, 11) is 1.76. The van der Waals surface area contributed by atoms with Gasteiger partial charge >= 0.3 is 0 Å². The molecule has 2 amide bonds. The Balaban J connectivity index is 1.42. The van der Waals surface area contributed by atoms with Gasteiger partial charge in [-0.05, 0) is 48.1 Å². The molecule has 4 rings (SSSR count). The van der Waals surface area contributed by atoms with Gasteiger partial charge < -0.3 is 10.2 Å². The Morgan fingerprint density at radius 3 is 2.67 bits per heavy atom. The van der Waals surface area contributed by atoms with E-state index in [1.165, 1.54) is 6.08 Å². The summed E-state index contributed by atoms with van der Waals surface area (Å²) in [6.45, 7) is 10.9. The number of fused-ring (bicyclic) bond motifs is 1. The zero-order chi connectivity index (χ0) is 23.9. The highest BCUT2D eigenvalue weighted by Gasteiger charge is 2.31. The highest BCUT2D eigenvalue weighted by molar-refractivity contribution is 6.32. The molecule has 0 spiro atoms. The second-order valence-electron chi connectivity index (χ2n) is 9.56. The van der Waals surface area contributed by atoms with Gasteiger partial charge in [-0.25, -0.2) is 0 Å². The molecule has 0 atom stereocenters. The molecule has 1 saturated heterocycles. The highest BCUT2D eigenvalue weighted by atomic mass is 35.5. The fourth-order valence-corrected chi connectivity index (χ4v) is 4.54. The smallest absolute Gasteiger partial charge is 0.269 e. The van der Waals surface area contributed by atoms with Gasteiger partial charge in [-0.2, -0.15) is 10.2 Å². The van der Waals surface area contributed by atoms with E-state index in [4.69, 9.17) is 11.6 Å². The molecule has 0 saturated carbocycles. The van der Waals surface area contributed by atoms with Crippen molar-refractivity contribution < 1.29 is 9.59 Å². The molecule has 8 nitrogen and oxygen atoms in total. The molecular formula is C24H29ClN6O2. The van der Waals surface area contributed by atoms with Crippen LogP contribution in [0, 0.1) is 0 Å². The number of aromatic amines is 1. The molecule has 1 aromatic carbocycles. The van der Waals surface area contributed by atoms with Gasteiger partial charge in [0.25, 0.3) is 5.91 Å². The predicted octanol–water partition coefficient (Wildman–Crippen LogP) is 3.16. The van der Waals surface area contributed by atoms with E-state index in [0.717, 1.165) is 32.9 Å². The van der Waals surface area contributed by atoms with Crippen LogP contribution in [-0.2, 0) is 30.1 Å². The minimum atomic E-state index is -0.191. The number of amides is 2. The van der Waals surface area contributed by atoms with Crippen LogP contribution in [0.5, 0.6) is 0 Å². The molecule has 0 unspecified atom stereocenters. The van der Waals surface area contributed by atoms with E-state index in [1.807, 2.05) is 12.1 Å². The number of carbonyl (C=O) groups is 2. The number of aromatic nitrogens is 4. The van der Waals surface area contributed by atoms with Crippen molar-refractivity contribution in [3.05, 3.63) is 58.5 Å². The molecule has 3 heterocycles. The van der Waals surface area contributed by atoms with E-state index in [9.17, 15) is 9.59 Å². The summed E-state index contributed by atoms with van der Waals surface area (Å²) in [5.41, 5.74) is 4.20. The molecule has 2 N–H and O–H groups in total. The first kappa shape index (κ1) is 23.0. The number of nitrogens with one attached hydrogen (secondary N) is 2. The van der Waals surface area contributed by atoms with E-state index < -0.39 is 0 Å². The maximum absolute atomic E-state index is 12.7. The number of hydrogen-bond donors (Lipinski definition) is 2. The van der Waals surface area contributed by atoms with Crippen LogP contribution in [0.15, 0.2) is 30.9 Å². The number of likely N-dealkylation sites (tertiary alicyclic amines) is 1. The number of H-pyrrole nitrogens is 1. The fraction of sp³-hybridized carbons (Fsp3) is 0.417. The van der Waals surface area contributed by atoms with Crippen molar-refractivity contribution in [3.63, 3.8) is 0 Å². The van der Waals surface area contributed by atoms with Gasteiger partial charge in [-0.1, -0.05) is 39.0 Å². The number of hydrogen-bond acceptors (Lipinski definition) is 4. The van der Waals surface area contributed by atoms with Crippen molar-refractivity contribution in [2.24, 2.45) is 7.05 Å². The van der Waals surface area contributed by atoms with Crippen LogP contribution < -0.4 is 5.32 Å². The first-order valence-corrected chi connectivity index (χ1v) is 11.4. The molecule has 0 bridgehead atoms. The largest absolute Gasteiger partial charge is 0.344 e. The lowest BCUT2D eigenvalue weighted by Crippen LogP contribution is -2.60. The lowest BCUT2D eigenvalue weighted by atomic mass is 9.86. The molecule has 2 aromatic heterocycles. The third-order valence-electron chi connectivity index (χ3n) is 6.03. The van der Waals surface area contributed by atoms with Gasteiger partial charge in [0.15, 0.2) is 0 Å². The van der Waals surface area contributed by atoms with Crippen molar-refractivity contribution in [2.45, 2.75) is 45.1 Å². The Hall–Kier alpha value is -3.13. The maximum atomic E-state index is 12.7. The van der Waals surface area contributed by atoms with Crippen LogP contribution in [0.2, 0.25) is 5.02 Å². The Morgan fingerprint density at radius 1 is 1.27 bits per heavy atom. The van der Waals surface area contributed by atoms with Crippen LogP contribution in [-0.4, -0.2) is 55.8 Å². The molecule has 174 valence electrons. The minimum Gasteiger partial charge on any atom is -0.344 e. The first-order valence-electron chi connectivity index (χ1n) is 11.0.